The van der Waals surface area contributed by atoms with Crippen molar-refractivity contribution in [3.05, 3.63) is 10.6 Å². The summed E-state index contributed by atoms with van der Waals surface area (Å²) < 4.78 is 0. The van der Waals surface area contributed by atoms with E-state index >= 15 is 0 Å². The number of nitrogens with zero attached hydrogens (tertiary/aromatic N) is 2. The van der Waals surface area contributed by atoms with Gasteiger partial charge in [-0.2, -0.15) is 0 Å². The van der Waals surface area contributed by atoms with E-state index in [1.54, 1.807) is 0 Å². The second-order valence-electron chi connectivity index (χ2n) is 4.76. The van der Waals surface area contributed by atoms with Crippen LogP contribution in [0.5, 0.6) is 0 Å². The molecule has 1 heterocycles. The Balaban J connectivity index is 2.76. The van der Waals surface area contributed by atoms with E-state index in [2.05, 4.69) is 45.0 Å². The fraction of sp³-hybridized carbons (Fsp3) is 0.786. The average Bonchev–Trinajstić information content (AvgIpc) is 2.80. The number of rotatable bonds is 8. The SMILES string of the molecule is CCCNCc1sc(N(C)C(C)CC)nc1CC. The van der Waals surface area contributed by atoms with E-state index in [1.165, 1.54) is 17.0 Å². The van der Waals surface area contributed by atoms with Gasteiger partial charge in [-0.15, -0.1) is 11.3 Å². The van der Waals surface area contributed by atoms with Crippen LogP contribution < -0.4 is 10.2 Å². The van der Waals surface area contributed by atoms with E-state index in [0.717, 1.165) is 31.1 Å². The van der Waals surface area contributed by atoms with Gasteiger partial charge in [-0.05, 0) is 32.7 Å². The number of hydrogen-bond donors (Lipinski definition) is 1. The molecule has 1 aromatic rings. The summed E-state index contributed by atoms with van der Waals surface area (Å²) >= 11 is 1.84. The van der Waals surface area contributed by atoms with Crippen LogP contribution in [0.4, 0.5) is 5.13 Å². The van der Waals surface area contributed by atoms with E-state index in [9.17, 15) is 0 Å². The monoisotopic (exact) mass is 269 g/mol. The molecule has 0 spiro atoms. The number of hydrogen-bond acceptors (Lipinski definition) is 4. The summed E-state index contributed by atoms with van der Waals surface area (Å²) in [4.78, 5) is 8.48. The van der Waals surface area contributed by atoms with Gasteiger partial charge in [0.1, 0.15) is 0 Å². The first-order chi connectivity index (χ1) is 8.63. The molecule has 1 atom stereocenters. The quantitative estimate of drug-likeness (QED) is 0.733. The van der Waals surface area contributed by atoms with E-state index < -0.39 is 0 Å². The fourth-order valence-corrected chi connectivity index (χ4v) is 2.96. The molecular weight excluding hydrogens is 242 g/mol. The smallest absolute Gasteiger partial charge is 0.185 e. The molecule has 1 N–H and O–H groups in total. The fourth-order valence-electron chi connectivity index (χ4n) is 1.78. The Bertz CT molecular complexity index is 349. The number of nitrogens with one attached hydrogen (secondary N) is 1. The summed E-state index contributed by atoms with van der Waals surface area (Å²) in [6.45, 7) is 10.9. The van der Waals surface area contributed by atoms with Gasteiger partial charge in [-0.25, -0.2) is 4.98 Å². The molecule has 3 nitrogen and oxygen atoms in total. The molecule has 4 heteroatoms. The van der Waals surface area contributed by atoms with Gasteiger partial charge in [0.05, 0.1) is 5.69 Å². The molecule has 18 heavy (non-hydrogen) atoms. The van der Waals surface area contributed by atoms with E-state index in [0.29, 0.717) is 6.04 Å². The zero-order valence-electron chi connectivity index (χ0n) is 12.4. The first kappa shape index (κ1) is 15.4. The lowest BCUT2D eigenvalue weighted by molar-refractivity contribution is 0.660. The third-order valence-corrected chi connectivity index (χ3v) is 4.56. The normalized spacial score (nSPS) is 12.7. The van der Waals surface area contributed by atoms with Crippen LogP contribution in [0.1, 0.15) is 51.1 Å². The molecule has 1 rings (SSSR count). The molecular formula is C14H27N3S. The molecule has 0 bridgehead atoms. The van der Waals surface area contributed by atoms with Crippen LogP contribution in [0.25, 0.3) is 0 Å². The van der Waals surface area contributed by atoms with Crippen molar-refractivity contribution in [3.8, 4) is 0 Å². The van der Waals surface area contributed by atoms with Crippen molar-refractivity contribution in [2.24, 2.45) is 0 Å². The standard InChI is InChI=1S/C14H27N3S/c1-6-9-15-10-13-12(8-3)16-14(18-13)17(5)11(4)7-2/h11,15H,6-10H2,1-5H3. The van der Waals surface area contributed by atoms with Crippen LogP contribution in [0, 0.1) is 0 Å². The molecule has 0 aromatic carbocycles. The van der Waals surface area contributed by atoms with E-state index in [1.807, 2.05) is 11.3 Å². The molecule has 1 aromatic heterocycles. The largest absolute Gasteiger partial charge is 0.348 e. The summed E-state index contributed by atoms with van der Waals surface area (Å²) in [7, 11) is 2.15. The Hall–Kier alpha value is -0.610. The first-order valence-electron chi connectivity index (χ1n) is 7.06. The number of thiazole rings is 1. The van der Waals surface area contributed by atoms with Gasteiger partial charge < -0.3 is 10.2 Å². The molecule has 0 fully saturated rings. The predicted molar refractivity (Wildman–Crippen MR) is 81.6 cm³/mol. The summed E-state index contributed by atoms with van der Waals surface area (Å²) in [5.74, 6) is 0. The lowest BCUT2D eigenvalue weighted by Gasteiger charge is -2.22. The molecule has 0 aliphatic carbocycles. The Morgan fingerprint density at radius 3 is 2.61 bits per heavy atom. The lowest BCUT2D eigenvalue weighted by atomic mass is 10.2. The highest BCUT2D eigenvalue weighted by Gasteiger charge is 2.15. The minimum absolute atomic E-state index is 0.553. The van der Waals surface area contributed by atoms with Crippen LogP contribution in [-0.4, -0.2) is 24.6 Å². The van der Waals surface area contributed by atoms with Crippen LogP contribution in [0.15, 0.2) is 0 Å². The van der Waals surface area contributed by atoms with Crippen molar-refractivity contribution in [2.75, 3.05) is 18.5 Å². The van der Waals surface area contributed by atoms with Crippen LogP contribution in [0.3, 0.4) is 0 Å². The van der Waals surface area contributed by atoms with Crippen molar-refractivity contribution in [1.82, 2.24) is 10.3 Å². The minimum atomic E-state index is 0.553. The maximum Gasteiger partial charge on any atom is 0.185 e. The van der Waals surface area contributed by atoms with Crippen molar-refractivity contribution < 1.29 is 0 Å². The maximum atomic E-state index is 4.78. The van der Waals surface area contributed by atoms with Crippen LogP contribution in [0.2, 0.25) is 0 Å². The molecule has 0 saturated carbocycles. The lowest BCUT2D eigenvalue weighted by Crippen LogP contribution is -2.27. The molecule has 0 aliphatic rings. The van der Waals surface area contributed by atoms with Crippen molar-refractivity contribution in [1.29, 1.82) is 0 Å². The Morgan fingerprint density at radius 1 is 1.33 bits per heavy atom. The average molecular weight is 269 g/mol. The van der Waals surface area contributed by atoms with Gasteiger partial charge in [0.15, 0.2) is 5.13 Å². The predicted octanol–water partition coefficient (Wildman–Crippen LogP) is 3.44. The third kappa shape index (κ3) is 3.95. The summed E-state index contributed by atoms with van der Waals surface area (Å²) in [5, 5.41) is 4.64. The molecule has 0 saturated heterocycles. The first-order valence-corrected chi connectivity index (χ1v) is 7.87. The maximum absolute atomic E-state index is 4.78. The Kier molecular flexibility index (Phi) is 6.65. The van der Waals surface area contributed by atoms with Gasteiger partial charge in [-0.3, -0.25) is 0 Å². The number of aryl methyl sites for hydroxylation is 1. The number of anilines is 1. The van der Waals surface area contributed by atoms with Crippen molar-refractivity contribution in [2.45, 2.75) is 59.5 Å². The van der Waals surface area contributed by atoms with Gasteiger partial charge in [0.2, 0.25) is 0 Å². The van der Waals surface area contributed by atoms with Crippen molar-refractivity contribution in [3.63, 3.8) is 0 Å². The highest BCUT2D eigenvalue weighted by atomic mass is 32.1. The van der Waals surface area contributed by atoms with Crippen LogP contribution >= 0.6 is 11.3 Å². The summed E-state index contributed by atoms with van der Waals surface area (Å²) in [5.41, 5.74) is 1.26. The van der Waals surface area contributed by atoms with E-state index in [-0.39, 0.29) is 0 Å². The van der Waals surface area contributed by atoms with Crippen LogP contribution in [-0.2, 0) is 13.0 Å². The minimum Gasteiger partial charge on any atom is -0.348 e. The zero-order valence-corrected chi connectivity index (χ0v) is 13.2. The van der Waals surface area contributed by atoms with Gasteiger partial charge in [0.25, 0.3) is 0 Å². The highest BCUT2D eigenvalue weighted by Crippen LogP contribution is 2.27. The molecule has 0 amide bonds. The molecule has 104 valence electrons. The van der Waals surface area contributed by atoms with Gasteiger partial charge >= 0.3 is 0 Å². The van der Waals surface area contributed by atoms with Gasteiger partial charge in [-0.1, -0.05) is 20.8 Å². The topological polar surface area (TPSA) is 28.2 Å². The molecule has 1 unspecified atom stereocenters. The summed E-state index contributed by atoms with van der Waals surface area (Å²) in [6, 6.07) is 0.553. The molecule has 0 aliphatic heterocycles. The number of aromatic nitrogens is 1. The summed E-state index contributed by atoms with van der Waals surface area (Å²) in [6.07, 6.45) is 3.36. The Morgan fingerprint density at radius 2 is 2.06 bits per heavy atom. The second-order valence-corrected chi connectivity index (χ2v) is 5.83. The molecule has 0 radical (unpaired) electrons. The van der Waals surface area contributed by atoms with Crippen molar-refractivity contribution >= 4 is 16.5 Å². The highest BCUT2D eigenvalue weighted by molar-refractivity contribution is 7.15. The van der Waals surface area contributed by atoms with E-state index in [4.69, 9.17) is 4.98 Å². The third-order valence-electron chi connectivity index (χ3n) is 3.37. The Labute approximate surface area is 116 Å². The second kappa shape index (κ2) is 7.74. The zero-order chi connectivity index (χ0) is 13.5. The van der Waals surface area contributed by atoms with Gasteiger partial charge in [0, 0.05) is 24.5 Å².